The van der Waals surface area contributed by atoms with Gasteiger partial charge in [-0.2, -0.15) is 0 Å². The first-order chi connectivity index (χ1) is 14.3. The van der Waals surface area contributed by atoms with Crippen molar-refractivity contribution >= 4 is 16.6 Å². The molecule has 2 aromatic rings. The van der Waals surface area contributed by atoms with Gasteiger partial charge in [-0.05, 0) is 70.2 Å². The molecule has 2 rings (SSSR count). The highest BCUT2D eigenvalue weighted by Gasteiger charge is 2.17. The van der Waals surface area contributed by atoms with Gasteiger partial charge in [-0.1, -0.05) is 37.5 Å². The lowest BCUT2D eigenvalue weighted by atomic mass is 10.1. The fraction of sp³-hybridized carbons (Fsp3) is 0.480. The molecule has 0 spiro atoms. The number of fused-ring (bicyclic) bond motifs is 1. The average Bonchev–Trinajstić information content (AvgIpc) is 2.66. The minimum Gasteiger partial charge on any atom is -0.485 e. The molecule has 0 saturated carbocycles. The summed E-state index contributed by atoms with van der Waals surface area (Å²) in [5.41, 5.74) is 9.41. The molecular formula is C25H36N2O3. The summed E-state index contributed by atoms with van der Waals surface area (Å²) < 4.78 is 12.0. The fourth-order valence-corrected chi connectivity index (χ4v) is 3.30. The summed E-state index contributed by atoms with van der Waals surface area (Å²) >= 11 is 0. The highest BCUT2D eigenvalue weighted by molar-refractivity contribution is 5.89. The number of benzene rings is 1. The third-order valence-electron chi connectivity index (χ3n) is 4.99. The van der Waals surface area contributed by atoms with Gasteiger partial charge in [-0.15, -0.1) is 0 Å². The Morgan fingerprint density at radius 1 is 1.17 bits per heavy atom. The molecule has 0 amide bonds. The monoisotopic (exact) mass is 412 g/mol. The van der Waals surface area contributed by atoms with Gasteiger partial charge < -0.3 is 20.2 Å². The number of anilines is 1. The van der Waals surface area contributed by atoms with Crippen LogP contribution in [0, 0.1) is 5.92 Å². The predicted octanol–water partition coefficient (Wildman–Crippen LogP) is 6.00. The number of nitrogen functional groups attached to an aromatic ring is 1. The van der Waals surface area contributed by atoms with E-state index in [1.807, 2.05) is 6.07 Å². The van der Waals surface area contributed by atoms with Gasteiger partial charge in [-0.25, -0.2) is 0 Å². The quantitative estimate of drug-likeness (QED) is 0.351. The molecule has 1 atom stereocenters. The van der Waals surface area contributed by atoms with E-state index in [1.165, 1.54) is 11.1 Å². The van der Waals surface area contributed by atoms with Gasteiger partial charge in [0.25, 0.3) is 5.56 Å². The van der Waals surface area contributed by atoms with E-state index >= 15 is 0 Å². The Labute approximate surface area is 180 Å². The number of nitrogens with one attached hydrogen (secondary N) is 1. The maximum atomic E-state index is 12.7. The van der Waals surface area contributed by atoms with Crippen LogP contribution >= 0.6 is 0 Å². The molecule has 1 heterocycles. The number of H-pyrrole nitrogens is 1. The van der Waals surface area contributed by atoms with Crippen molar-refractivity contribution in [2.24, 2.45) is 5.92 Å². The van der Waals surface area contributed by atoms with Gasteiger partial charge in [0.05, 0.1) is 12.1 Å². The molecule has 0 aliphatic heterocycles. The summed E-state index contributed by atoms with van der Waals surface area (Å²) in [6, 6.07) is 5.41. The van der Waals surface area contributed by atoms with Gasteiger partial charge in [-0.3, -0.25) is 4.79 Å². The van der Waals surface area contributed by atoms with Crippen LogP contribution in [0.15, 0.2) is 46.3 Å². The summed E-state index contributed by atoms with van der Waals surface area (Å²) in [5.74, 6) is 1.08. The third-order valence-corrected chi connectivity index (χ3v) is 4.99. The number of aromatic nitrogens is 1. The first-order valence-electron chi connectivity index (χ1n) is 10.8. The molecule has 5 heteroatoms. The molecule has 0 aliphatic carbocycles. The second-order valence-corrected chi connectivity index (χ2v) is 8.30. The molecule has 0 aliphatic rings. The Morgan fingerprint density at radius 3 is 2.63 bits per heavy atom. The van der Waals surface area contributed by atoms with E-state index in [2.05, 4.69) is 51.8 Å². The topological polar surface area (TPSA) is 77.3 Å². The van der Waals surface area contributed by atoms with Crippen LogP contribution in [0.4, 0.5) is 5.69 Å². The molecule has 30 heavy (non-hydrogen) atoms. The summed E-state index contributed by atoms with van der Waals surface area (Å²) in [7, 11) is 0. The van der Waals surface area contributed by atoms with Gasteiger partial charge >= 0.3 is 0 Å². The number of hydrogen-bond acceptors (Lipinski definition) is 4. The first-order valence-corrected chi connectivity index (χ1v) is 10.8. The van der Waals surface area contributed by atoms with Gasteiger partial charge in [0, 0.05) is 11.1 Å². The maximum Gasteiger partial charge on any atom is 0.294 e. The number of nitrogens with two attached hydrogens (primary N) is 1. The minimum atomic E-state index is -0.295. The van der Waals surface area contributed by atoms with Gasteiger partial charge in [0.2, 0.25) is 5.75 Å². The van der Waals surface area contributed by atoms with E-state index in [0.29, 0.717) is 36.1 Å². The van der Waals surface area contributed by atoms with Crippen LogP contribution in [0.3, 0.4) is 0 Å². The molecule has 5 nitrogen and oxygen atoms in total. The molecule has 0 radical (unpaired) electrons. The third kappa shape index (κ3) is 6.97. The lowest BCUT2D eigenvalue weighted by Gasteiger charge is -2.16. The standard InChI is InChI=1S/C25H36N2O3/c1-6-8-19(5)16-30-24-23(29-14-13-18(4)10-7-9-17(2)3)21-12-11-20(26)15-22(21)27-25(24)28/h9,11-13,15,19H,6-8,10,14,16,26H2,1-5H3,(H,27,28). The molecule has 0 bridgehead atoms. The Hall–Kier alpha value is -2.69. The second kappa shape index (κ2) is 11.5. The van der Waals surface area contributed by atoms with Crippen molar-refractivity contribution in [3.05, 3.63) is 51.9 Å². The predicted molar refractivity (Wildman–Crippen MR) is 126 cm³/mol. The zero-order valence-electron chi connectivity index (χ0n) is 19.0. The average molecular weight is 413 g/mol. The fourth-order valence-electron chi connectivity index (χ4n) is 3.30. The summed E-state index contributed by atoms with van der Waals surface area (Å²) in [5, 5.41) is 0.789. The van der Waals surface area contributed by atoms with Crippen molar-refractivity contribution < 1.29 is 9.47 Å². The molecule has 0 fully saturated rings. The molecule has 1 aromatic heterocycles. The van der Waals surface area contributed by atoms with Crippen molar-refractivity contribution in [3.63, 3.8) is 0 Å². The Bertz CT molecular complexity index is 953. The van der Waals surface area contributed by atoms with Crippen LogP contribution in [0.1, 0.15) is 60.3 Å². The van der Waals surface area contributed by atoms with Crippen LogP contribution < -0.4 is 20.8 Å². The van der Waals surface area contributed by atoms with Crippen molar-refractivity contribution in [2.75, 3.05) is 18.9 Å². The van der Waals surface area contributed by atoms with E-state index in [9.17, 15) is 4.79 Å². The Morgan fingerprint density at radius 2 is 1.93 bits per heavy atom. The summed E-state index contributed by atoms with van der Waals surface area (Å²) in [6.07, 6.45) is 8.42. The van der Waals surface area contributed by atoms with E-state index in [4.69, 9.17) is 15.2 Å². The highest BCUT2D eigenvalue weighted by Crippen LogP contribution is 2.33. The molecule has 3 N–H and O–H groups in total. The molecular weight excluding hydrogens is 376 g/mol. The number of aromatic amines is 1. The normalized spacial score (nSPS) is 12.6. The van der Waals surface area contributed by atoms with Crippen LogP contribution in [-0.4, -0.2) is 18.2 Å². The first kappa shape index (κ1) is 23.6. The van der Waals surface area contributed by atoms with Crippen LogP contribution in [0.5, 0.6) is 11.5 Å². The number of rotatable bonds is 11. The van der Waals surface area contributed by atoms with E-state index in [-0.39, 0.29) is 11.3 Å². The lowest BCUT2D eigenvalue weighted by Crippen LogP contribution is -2.17. The van der Waals surface area contributed by atoms with E-state index in [0.717, 1.165) is 31.1 Å². The van der Waals surface area contributed by atoms with Crippen LogP contribution in [-0.2, 0) is 0 Å². The van der Waals surface area contributed by atoms with Crippen LogP contribution in [0.2, 0.25) is 0 Å². The SMILES string of the molecule is CCCC(C)COc1c(OCC=C(C)CCC=C(C)C)c2ccc(N)cc2[nH]c1=O. The maximum absolute atomic E-state index is 12.7. The summed E-state index contributed by atoms with van der Waals surface area (Å²) in [4.78, 5) is 15.6. The Kier molecular flexibility index (Phi) is 9.03. The number of ether oxygens (including phenoxy) is 2. The molecule has 0 saturated heterocycles. The van der Waals surface area contributed by atoms with E-state index in [1.54, 1.807) is 12.1 Å². The molecule has 164 valence electrons. The largest absolute Gasteiger partial charge is 0.485 e. The zero-order chi connectivity index (χ0) is 22.1. The Balaban J connectivity index is 2.26. The summed E-state index contributed by atoms with van der Waals surface area (Å²) in [6.45, 7) is 11.4. The van der Waals surface area contributed by atoms with Crippen molar-refractivity contribution in [3.8, 4) is 11.5 Å². The lowest BCUT2D eigenvalue weighted by molar-refractivity contribution is 0.234. The molecule has 1 unspecified atom stereocenters. The number of allylic oxidation sites excluding steroid dienone is 3. The van der Waals surface area contributed by atoms with Crippen molar-refractivity contribution in [2.45, 2.75) is 60.3 Å². The minimum absolute atomic E-state index is 0.241. The van der Waals surface area contributed by atoms with E-state index < -0.39 is 0 Å². The van der Waals surface area contributed by atoms with Crippen molar-refractivity contribution in [1.82, 2.24) is 4.98 Å². The molecule has 1 aromatic carbocycles. The smallest absolute Gasteiger partial charge is 0.294 e. The van der Waals surface area contributed by atoms with Crippen LogP contribution in [0.25, 0.3) is 10.9 Å². The second-order valence-electron chi connectivity index (χ2n) is 8.30. The highest BCUT2D eigenvalue weighted by atomic mass is 16.5. The van der Waals surface area contributed by atoms with Gasteiger partial charge in [0.1, 0.15) is 6.61 Å². The zero-order valence-corrected chi connectivity index (χ0v) is 19.0. The number of pyridine rings is 1. The van der Waals surface area contributed by atoms with Gasteiger partial charge in [0.15, 0.2) is 5.75 Å². The van der Waals surface area contributed by atoms with Crippen molar-refractivity contribution in [1.29, 1.82) is 0 Å². The number of hydrogen-bond donors (Lipinski definition) is 2.